The van der Waals surface area contributed by atoms with Crippen LogP contribution in [0.4, 0.5) is 0 Å². The third kappa shape index (κ3) is 5.92. The van der Waals surface area contributed by atoms with E-state index in [1.54, 1.807) is 7.11 Å². The molecule has 2 heterocycles. The van der Waals surface area contributed by atoms with Gasteiger partial charge in [-0.05, 0) is 73.7 Å². The van der Waals surface area contributed by atoms with Crippen LogP contribution in [0.1, 0.15) is 48.9 Å². The van der Waals surface area contributed by atoms with Crippen LogP contribution >= 0.6 is 0 Å². The van der Waals surface area contributed by atoms with Crippen molar-refractivity contribution < 1.29 is 18.8 Å². The summed E-state index contributed by atoms with van der Waals surface area (Å²) in [4.78, 5) is 19.4. The van der Waals surface area contributed by atoms with E-state index < -0.39 is 0 Å². The summed E-state index contributed by atoms with van der Waals surface area (Å²) in [6.07, 6.45) is 4.70. The Morgan fingerprint density at radius 2 is 1.76 bits per heavy atom. The number of carbonyl (C=O) groups excluding carboxylic acids is 1. The monoisotopic (exact) mass is 449 g/mol. The molecule has 3 aromatic rings. The quantitative estimate of drug-likeness (QED) is 0.427. The first-order valence-electron chi connectivity index (χ1n) is 11.7. The molecule has 1 saturated heterocycles. The highest BCUT2D eigenvalue weighted by molar-refractivity contribution is 5.94. The van der Waals surface area contributed by atoms with Gasteiger partial charge in [-0.25, -0.2) is 0 Å². The number of benzene rings is 2. The van der Waals surface area contributed by atoms with E-state index in [4.69, 9.17) is 14.0 Å². The van der Waals surface area contributed by atoms with E-state index in [1.807, 2.05) is 53.4 Å². The topological polar surface area (TPSA) is 77.7 Å². The van der Waals surface area contributed by atoms with E-state index in [0.717, 1.165) is 62.3 Å². The number of carbonyl (C=O) groups is 1. The van der Waals surface area contributed by atoms with Gasteiger partial charge in [0.25, 0.3) is 5.91 Å². The summed E-state index contributed by atoms with van der Waals surface area (Å²) in [5, 5.41) is 4.12. The predicted molar refractivity (Wildman–Crippen MR) is 125 cm³/mol. The SMILES string of the molecule is CCCCOc1ccc(C(=O)N2CCC(Cc3nc(-c4ccc(OC)cc4)no3)CC2)cc1. The highest BCUT2D eigenvalue weighted by Crippen LogP contribution is 2.25. The molecule has 0 atom stereocenters. The van der Waals surface area contributed by atoms with Gasteiger partial charge in [-0.1, -0.05) is 18.5 Å². The van der Waals surface area contributed by atoms with E-state index in [9.17, 15) is 4.79 Å². The summed E-state index contributed by atoms with van der Waals surface area (Å²) in [7, 11) is 1.64. The molecule has 0 unspecified atom stereocenters. The van der Waals surface area contributed by atoms with Gasteiger partial charge in [0.15, 0.2) is 0 Å². The Labute approximate surface area is 194 Å². The van der Waals surface area contributed by atoms with Crippen molar-refractivity contribution in [3.05, 3.63) is 60.0 Å². The second-order valence-corrected chi connectivity index (χ2v) is 8.41. The van der Waals surface area contributed by atoms with E-state index in [2.05, 4.69) is 17.1 Å². The summed E-state index contributed by atoms with van der Waals surface area (Å²) in [6, 6.07) is 15.1. The van der Waals surface area contributed by atoms with Crippen molar-refractivity contribution in [1.82, 2.24) is 15.0 Å². The highest BCUT2D eigenvalue weighted by atomic mass is 16.5. The van der Waals surface area contributed by atoms with Crippen molar-refractivity contribution in [3.63, 3.8) is 0 Å². The number of hydrogen-bond acceptors (Lipinski definition) is 6. The lowest BCUT2D eigenvalue weighted by Gasteiger charge is -2.31. The second-order valence-electron chi connectivity index (χ2n) is 8.41. The largest absolute Gasteiger partial charge is 0.497 e. The van der Waals surface area contributed by atoms with Crippen LogP contribution in [0.15, 0.2) is 53.1 Å². The average Bonchev–Trinajstić information content (AvgIpc) is 3.33. The van der Waals surface area contributed by atoms with Gasteiger partial charge in [-0.15, -0.1) is 0 Å². The van der Waals surface area contributed by atoms with Crippen LogP contribution in [0, 0.1) is 5.92 Å². The van der Waals surface area contributed by atoms with Crippen LogP contribution in [0.5, 0.6) is 11.5 Å². The normalized spacial score (nSPS) is 14.3. The zero-order valence-electron chi connectivity index (χ0n) is 19.3. The number of ether oxygens (including phenoxy) is 2. The Morgan fingerprint density at radius 3 is 2.42 bits per heavy atom. The minimum absolute atomic E-state index is 0.0770. The molecule has 0 radical (unpaired) electrons. The molecule has 1 aliphatic rings. The first-order chi connectivity index (χ1) is 16.2. The van der Waals surface area contributed by atoms with E-state index >= 15 is 0 Å². The van der Waals surface area contributed by atoms with Crippen LogP contribution < -0.4 is 9.47 Å². The molecular formula is C26H31N3O4. The maximum Gasteiger partial charge on any atom is 0.253 e. The molecule has 4 rings (SSSR count). The molecule has 0 spiro atoms. The minimum Gasteiger partial charge on any atom is -0.497 e. The van der Waals surface area contributed by atoms with Gasteiger partial charge in [0, 0.05) is 30.6 Å². The van der Waals surface area contributed by atoms with Crippen LogP contribution in [0.3, 0.4) is 0 Å². The third-order valence-corrected chi connectivity index (χ3v) is 6.05. The lowest BCUT2D eigenvalue weighted by atomic mass is 9.93. The van der Waals surface area contributed by atoms with Gasteiger partial charge in [-0.2, -0.15) is 4.98 Å². The Morgan fingerprint density at radius 1 is 1.06 bits per heavy atom. The molecule has 0 saturated carbocycles. The highest BCUT2D eigenvalue weighted by Gasteiger charge is 2.25. The van der Waals surface area contributed by atoms with Crippen LogP contribution in [-0.2, 0) is 6.42 Å². The fraction of sp³-hybridized carbons (Fsp3) is 0.423. The number of rotatable bonds is 9. The van der Waals surface area contributed by atoms with Gasteiger partial charge in [-0.3, -0.25) is 4.79 Å². The molecule has 1 fully saturated rings. The van der Waals surface area contributed by atoms with Crippen LogP contribution in [0.2, 0.25) is 0 Å². The molecule has 1 aliphatic heterocycles. The van der Waals surface area contributed by atoms with Crippen molar-refractivity contribution in [2.75, 3.05) is 26.8 Å². The lowest BCUT2D eigenvalue weighted by molar-refractivity contribution is 0.0687. The number of methoxy groups -OCH3 is 1. The van der Waals surface area contributed by atoms with Crippen molar-refractivity contribution in [2.45, 2.75) is 39.0 Å². The van der Waals surface area contributed by atoms with Crippen molar-refractivity contribution >= 4 is 5.91 Å². The predicted octanol–water partition coefficient (Wildman–Crippen LogP) is 5.02. The zero-order valence-corrected chi connectivity index (χ0v) is 19.3. The Kier molecular flexibility index (Phi) is 7.60. The zero-order chi connectivity index (χ0) is 23.0. The minimum atomic E-state index is 0.0770. The fourth-order valence-corrected chi connectivity index (χ4v) is 3.99. The summed E-state index contributed by atoms with van der Waals surface area (Å²) in [5.74, 6) is 3.33. The van der Waals surface area contributed by atoms with Gasteiger partial charge >= 0.3 is 0 Å². The number of aromatic nitrogens is 2. The molecule has 7 heteroatoms. The third-order valence-electron chi connectivity index (χ3n) is 6.05. The smallest absolute Gasteiger partial charge is 0.253 e. The van der Waals surface area contributed by atoms with Gasteiger partial charge < -0.3 is 18.9 Å². The molecule has 1 aromatic heterocycles. The maximum atomic E-state index is 12.9. The van der Waals surface area contributed by atoms with Crippen molar-refractivity contribution in [3.8, 4) is 22.9 Å². The molecule has 33 heavy (non-hydrogen) atoms. The Bertz CT molecular complexity index is 1020. The van der Waals surface area contributed by atoms with Crippen LogP contribution in [0.25, 0.3) is 11.4 Å². The molecule has 7 nitrogen and oxygen atoms in total. The summed E-state index contributed by atoms with van der Waals surface area (Å²) >= 11 is 0. The maximum absolute atomic E-state index is 12.9. The summed E-state index contributed by atoms with van der Waals surface area (Å²) < 4.78 is 16.4. The lowest BCUT2D eigenvalue weighted by Crippen LogP contribution is -2.38. The first-order valence-corrected chi connectivity index (χ1v) is 11.7. The van der Waals surface area contributed by atoms with E-state index in [1.165, 1.54) is 0 Å². The summed E-state index contributed by atoms with van der Waals surface area (Å²) in [6.45, 7) is 4.31. The number of likely N-dealkylation sites (tertiary alicyclic amines) is 1. The first kappa shape index (κ1) is 22.8. The molecule has 2 aromatic carbocycles. The number of piperidine rings is 1. The molecule has 174 valence electrons. The number of hydrogen-bond donors (Lipinski definition) is 0. The van der Waals surface area contributed by atoms with Gasteiger partial charge in [0.05, 0.1) is 13.7 Å². The number of amides is 1. The molecular weight excluding hydrogens is 418 g/mol. The fourth-order valence-electron chi connectivity index (χ4n) is 3.99. The molecule has 0 aliphatic carbocycles. The Hall–Kier alpha value is -3.35. The van der Waals surface area contributed by atoms with Crippen molar-refractivity contribution in [2.24, 2.45) is 5.92 Å². The Balaban J connectivity index is 1.26. The molecule has 1 amide bonds. The van der Waals surface area contributed by atoms with Crippen molar-refractivity contribution in [1.29, 1.82) is 0 Å². The average molecular weight is 450 g/mol. The molecule has 0 N–H and O–H groups in total. The standard InChI is InChI=1S/C26H31N3O4/c1-3-4-17-32-23-11-7-21(8-12-23)26(30)29-15-13-19(14-16-29)18-24-27-25(28-33-24)20-5-9-22(31-2)10-6-20/h5-12,19H,3-4,13-18H2,1-2H3. The number of nitrogens with zero attached hydrogens (tertiary/aromatic N) is 3. The van der Waals surface area contributed by atoms with Gasteiger partial charge in [0.2, 0.25) is 11.7 Å². The summed E-state index contributed by atoms with van der Waals surface area (Å²) in [5.41, 5.74) is 1.60. The van der Waals surface area contributed by atoms with Crippen LogP contribution in [-0.4, -0.2) is 47.8 Å². The van der Waals surface area contributed by atoms with E-state index in [-0.39, 0.29) is 5.91 Å². The van der Waals surface area contributed by atoms with Gasteiger partial charge in [0.1, 0.15) is 11.5 Å². The number of unbranched alkanes of at least 4 members (excludes halogenated alkanes) is 1. The van der Waals surface area contributed by atoms with E-state index in [0.29, 0.717) is 29.8 Å². The second kappa shape index (κ2) is 11.0. The molecule has 0 bridgehead atoms.